The van der Waals surface area contributed by atoms with Gasteiger partial charge in [-0.25, -0.2) is 13.2 Å². The summed E-state index contributed by atoms with van der Waals surface area (Å²) in [6.07, 6.45) is -4.17. The second-order valence-electron chi connectivity index (χ2n) is 0.960. The molecule has 0 aromatic carbocycles. The van der Waals surface area contributed by atoms with Gasteiger partial charge in [0.05, 0.1) is 0 Å². The summed E-state index contributed by atoms with van der Waals surface area (Å²) >= 11 is 0. The van der Waals surface area contributed by atoms with Crippen LogP contribution in [0.3, 0.4) is 0 Å². The van der Waals surface area contributed by atoms with Crippen molar-refractivity contribution >= 4 is 22.7 Å². The third-order valence-corrected chi connectivity index (χ3v) is 0. The molecule has 16 heavy (non-hydrogen) atoms. The molecule has 0 aromatic heterocycles. The number of hydrogen-bond acceptors (Lipinski definition) is 7. The van der Waals surface area contributed by atoms with Crippen molar-refractivity contribution in [2.24, 2.45) is 0 Å². The van der Waals surface area contributed by atoms with Crippen LogP contribution in [0.5, 0.6) is 0 Å². The Morgan fingerprint density at radius 3 is 1.00 bits per heavy atom. The maximum absolute atomic E-state index is 8.63. The van der Waals surface area contributed by atoms with Crippen LogP contribution in [0.1, 0.15) is 0 Å². The number of rotatable bonds is 0. The van der Waals surface area contributed by atoms with E-state index in [1.807, 2.05) is 0 Å². The van der Waals surface area contributed by atoms with Crippen LogP contribution >= 0.6 is 0 Å². The van der Waals surface area contributed by atoms with Crippen LogP contribution in [-0.4, -0.2) is 40.0 Å². The molecule has 0 saturated carbocycles. The molecule has 0 aliphatic heterocycles. The van der Waals surface area contributed by atoms with E-state index < -0.39 is 22.7 Å². The van der Waals surface area contributed by atoms with Crippen molar-refractivity contribution in [1.29, 1.82) is 0 Å². The van der Waals surface area contributed by atoms with Gasteiger partial charge in [-0.1, -0.05) is 0 Å². The topological polar surface area (TPSA) is 198 Å². The molecular weight excluding hydrogens is 301 g/mol. The van der Waals surface area contributed by atoms with Crippen molar-refractivity contribution in [3.8, 4) is 0 Å². The van der Waals surface area contributed by atoms with Gasteiger partial charge in [0, 0.05) is 0 Å². The van der Waals surface area contributed by atoms with Gasteiger partial charge in [0.1, 0.15) is 0 Å². The third kappa shape index (κ3) is 868. The Balaban J connectivity index is -0.0000000216. The fraction of sp³-hybridized carbons (Fsp3) is 0. The Morgan fingerprint density at radius 1 is 1.00 bits per heavy atom. The number of hydrogen-bond donors (Lipinski definition) is 3. The molecule has 0 atom stereocenters. The average molecular weight is 304 g/mol. The predicted octanol–water partition coefficient (Wildman–Crippen LogP) is -12.2. The molecule has 0 radical (unpaired) electrons. The number of carboxylic acid groups (broad SMARTS) is 4. The zero-order valence-electron chi connectivity index (χ0n) is 8.61. The molecule has 0 unspecified atom stereocenters. The molecular formula is C2H3KNa2O10S. The van der Waals surface area contributed by atoms with Gasteiger partial charge in [-0.15, -0.1) is 0 Å². The maximum atomic E-state index is 8.63. The summed E-state index contributed by atoms with van der Waals surface area (Å²) in [5.74, 6) is 0. The van der Waals surface area contributed by atoms with Gasteiger partial charge < -0.3 is 29.8 Å². The molecule has 0 aromatic rings. The second-order valence-corrected chi connectivity index (χ2v) is 1.82. The number of carbonyl (C=O) groups excluding carboxylic acids is 1. The minimum atomic E-state index is -4.92. The quantitative estimate of drug-likeness (QED) is 0.219. The first-order valence-electron chi connectivity index (χ1n) is 1.95. The molecule has 0 saturated heterocycles. The van der Waals surface area contributed by atoms with Gasteiger partial charge >= 0.3 is 117 Å². The van der Waals surface area contributed by atoms with E-state index in [-0.39, 0.29) is 110 Å². The predicted molar refractivity (Wildman–Crippen MR) is 28.4 cm³/mol. The fourth-order valence-corrected chi connectivity index (χ4v) is 0. The van der Waals surface area contributed by atoms with Crippen molar-refractivity contribution < 1.29 is 158 Å². The van der Waals surface area contributed by atoms with Crippen LogP contribution in [0, 0.1) is 0 Å². The molecule has 0 heterocycles. The maximum Gasteiger partial charge on any atom is 1.00 e. The van der Waals surface area contributed by atoms with Gasteiger partial charge in [-0.05, 0) is 6.16 Å². The van der Waals surface area contributed by atoms with Gasteiger partial charge in [0.25, 0.3) is 0 Å². The summed E-state index contributed by atoms with van der Waals surface area (Å²) in [7, 11) is -4.92. The SMILES string of the molecule is O=C(O)O.O=C([O-])[O-].O=S(=O)([O-])O.[K+].[Na+].[Na+]. The van der Waals surface area contributed by atoms with Crippen LogP contribution in [-0.2, 0) is 10.4 Å². The van der Waals surface area contributed by atoms with Gasteiger partial charge in [-0.2, -0.15) is 0 Å². The Kier molecular flexibility index (Phi) is 50.2. The molecule has 0 spiro atoms. The summed E-state index contributed by atoms with van der Waals surface area (Å²) in [4.78, 5) is 16.9. The molecule has 0 aliphatic rings. The van der Waals surface area contributed by atoms with Crippen LogP contribution in [0.4, 0.5) is 9.59 Å². The number of carbonyl (C=O) groups is 2. The summed E-state index contributed by atoms with van der Waals surface area (Å²) < 4.78 is 32.8. The molecule has 14 heteroatoms. The Labute approximate surface area is 177 Å². The smallest absolute Gasteiger partial charge is 0.726 e. The van der Waals surface area contributed by atoms with E-state index in [2.05, 4.69) is 0 Å². The molecule has 80 valence electrons. The summed E-state index contributed by atoms with van der Waals surface area (Å²) in [6, 6.07) is 0. The molecule has 0 rings (SSSR count). The Bertz CT molecular complexity index is 222. The van der Waals surface area contributed by atoms with E-state index in [0.29, 0.717) is 0 Å². The summed E-state index contributed by atoms with van der Waals surface area (Å²) in [6.45, 7) is 0. The fourth-order valence-electron chi connectivity index (χ4n) is 0. The van der Waals surface area contributed by atoms with Crippen molar-refractivity contribution in [3.63, 3.8) is 0 Å². The minimum Gasteiger partial charge on any atom is -0.726 e. The molecule has 0 fully saturated rings. The third-order valence-electron chi connectivity index (χ3n) is 0. The van der Waals surface area contributed by atoms with Crippen molar-refractivity contribution in [1.82, 2.24) is 0 Å². The van der Waals surface area contributed by atoms with Gasteiger partial charge in [0.15, 0.2) is 0 Å². The van der Waals surface area contributed by atoms with E-state index in [9.17, 15) is 0 Å². The summed E-state index contributed by atoms with van der Waals surface area (Å²) in [5.41, 5.74) is 0. The molecule has 0 aliphatic carbocycles. The van der Waals surface area contributed by atoms with Gasteiger partial charge in [-0.3, -0.25) is 4.55 Å². The van der Waals surface area contributed by atoms with E-state index in [0.717, 1.165) is 0 Å². The van der Waals surface area contributed by atoms with E-state index >= 15 is 0 Å². The Hall–Kier alpha value is 2.05. The largest absolute Gasteiger partial charge is 1.00 e. The van der Waals surface area contributed by atoms with E-state index in [1.165, 1.54) is 0 Å². The average Bonchev–Trinajstić information content (AvgIpc) is 1.50. The minimum absolute atomic E-state index is 0. The van der Waals surface area contributed by atoms with Gasteiger partial charge in [0.2, 0.25) is 10.4 Å². The zero-order valence-corrected chi connectivity index (χ0v) is 16.5. The Morgan fingerprint density at radius 2 is 1.00 bits per heavy atom. The van der Waals surface area contributed by atoms with E-state index in [4.69, 9.17) is 47.5 Å². The van der Waals surface area contributed by atoms with Crippen LogP contribution in [0.25, 0.3) is 0 Å². The first-order chi connectivity index (χ1) is 5.46. The van der Waals surface area contributed by atoms with E-state index in [1.54, 1.807) is 0 Å². The zero-order chi connectivity index (χ0) is 11.7. The van der Waals surface area contributed by atoms with Crippen LogP contribution in [0.15, 0.2) is 0 Å². The monoisotopic (exact) mass is 304 g/mol. The standard InChI is InChI=1S/2CH2O3.K.2Na.H2O4S/c2*2-1(3)4;;;;1-5(2,3)4/h2*(H2,2,3,4);;;;(H2,1,2,3,4)/q;;3*+1;/p-3. The van der Waals surface area contributed by atoms with Crippen LogP contribution < -0.4 is 121 Å². The molecule has 0 bridgehead atoms. The van der Waals surface area contributed by atoms with Crippen LogP contribution in [0.2, 0.25) is 0 Å². The molecule has 0 amide bonds. The molecule has 10 nitrogen and oxygen atoms in total. The molecule has 3 N–H and O–H groups in total. The van der Waals surface area contributed by atoms with Crippen molar-refractivity contribution in [2.45, 2.75) is 0 Å². The van der Waals surface area contributed by atoms with Crippen molar-refractivity contribution in [3.05, 3.63) is 0 Å². The van der Waals surface area contributed by atoms with Crippen molar-refractivity contribution in [2.75, 3.05) is 0 Å². The first-order valence-corrected chi connectivity index (χ1v) is 3.31. The normalized spacial score (nSPS) is 6.62. The first kappa shape index (κ1) is 36.1. The second kappa shape index (κ2) is 22.2. The summed E-state index contributed by atoms with van der Waals surface area (Å²) in [5, 5.41) is 30.6.